The molecule has 1 N–H and O–H groups in total. The van der Waals surface area contributed by atoms with Gasteiger partial charge in [0.25, 0.3) is 0 Å². The summed E-state index contributed by atoms with van der Waals surface area (Å²) in [4.78, 5) is 0. The Kier molecular flexibility index (Phi) is 7.59. The topological polar surface area (TPSA) is 20.2 Å². The molecule has 0 atom stereocenters. The Morgan fingerprint density at radius 1 is 1.36 bits per heavy atom. The quantitative estimate of drug-likeness (QED) is 0.609. The van der Waals surface area contributed by atoms with Crippen LogP contribution in [0.5, 0.6) is 0 Å². The third-order valence-corrected chi connectivity index (χ3v) is 1.82. The summed E-state index contributed by atoms with van der Waals surface area (Å²) < 4.78 is 0. The lowest BCUT2D eigenvalue weighted by atomic mass is 9.98. The zero-order chi connectivity index (χ0) is 8.53. The molecular weight excluding hydrogens is 136 g/mol. The van der Waals surface area contributed by atoms with E-state index in [2.05, 4.69) is 6.08 Å². The monoisotopic (exact) mass is 156 g/mol. The molecule has 0 bridgehead atoms. The number of allylic oxidation sites excluding steroid dienone is 1. The van der Waals surface area contributed by atoms with E-state index in [9.17, 15) is 0 Å². The van der Waals surface area contributed by atoms with Gasteiger partial charge < -0.3 is 5.11 Å². The predicted octanol–water partition coefficient (Wildman–Crippen LogP) is 2.90. The van der Waals surface area contributed by atoms with Gasteiger partial charge in [-0.3, -0.25) is 0 Å². The smallest absolute Gasteiger partial charge is 0.0468 e. The molecule has 1 nitrogen and oxygen atoms in total. The Hall–Kier alpha value is -0.300. The summed E-state index contributed by atoms with van der Waals surface area (Å²) >= 11 is 0. The number of hydrogen-bond donors (Lipinski definition) is 1. The van der Waals surface area contributed by atoms with Crippen molar-refractivity contribution < 1.29 is 5.11 Å². The van der Waals surface area contributed by atoms with Gasteiger partial charge in [0, 0.05) is 6.61 Å². The lowest BCUT2D eigenvalue weighted by Gasteiger charge is -2.10. The summed E-state index contributed by atoms with van der Waals surface area (Å²) in [6.45, 7) is 4.33. The van der Waals surface area contributed by atoms with E-state index < -0.39 is 0 Å². The van der Waals surface area contributed by atoms with E-state index in [1.807, 2.05) is 13.8 Å². The van der Waals surface area contributed by atoms with E-state index in [-0.39, 0.29) is 0 Å². The third-order valence-electron chi connectivity index (χ3n) is 1.82. The van der Waals surface area contributed by atoms with Gasteiger partial charge in [-0.05, 0) is 32.1 Å². The van der Waals surface area contributed by atoms with Gasteiger partial charge >= 0.3 is 0 Å². The fourth-order valence-electron chi connectivity index (χ4n) is 1.28. The van der Waals surface area contributed by atoms with Crippen LogP contribution in [0.15, 0.2) is 11.6 Å². The fraction of sp³-hybridized carbons (Fsp3) is 0.800. The summed E-state index contributed by atoms with van der Waals surface area (Å²) in [6, 6.07) is 0. The summed E-state index contributed by atoms with van der Waals surface area (Å²) in [5, 5.41) is 8.58. The van der Waals surface area contributed by atoms with Crippen LogP contribution < -0.4 is 0 Å². The van der Waals surface area contributed by atoms with Crippen LogP contribution in [0, 0.1) is 0 Å². The van der Waals surface area contributed by atoms with Gasteiger partial charge in [-0.25, -0.2) is 0 Å². The van der Waals surface area contributed by atoms with Gasteiger partial charge in [0.15, 0.2) is 0 Å². The van der Waals surface area contributed by atoms with Crippen molar-refractivity contribution in [3.8, 4) is 0 Å². The number of aliphatic hydroxyl groups excluding tert-OH is 1. The molecule has 1 aliphatic rings. The normalized spacial score (nSPS) is 16.5. The maximum atomic E-state index is 8.58. The molecule has 0 aliphatic heterocycles. The Labute approximate surface area is 70.1 Å². The van der Waals surface area contributed by atoms with Crippen molar-refractivity contribution in [1.29, 1.82) is 0 Å². The van der Waals surface area contributed by atoms with Crippen molar-refractivity contribution in [3.63, 3.8) is 0 Å². The molecule has 1 rings (SSSR count). The van der Waals surface area contributed by atoms with E-state index in [1.165, 1.54) is 31.3 Å². The molecule has 1 heteroatoms. The Balaban J connectivity index is 0.000000461. The lowest BCUT2D eigenvalue weighted by Crippen LogP contribution is -1.93. The number of hydrogen-bond acceptors (Lipinski definition) is 1. The first kappa shape index (κ1) is 10.7. The highest BCUT2D eigenvalue weighted by atomic mass is 16.2. The van der Waals surface area contributed by atoms with Crippen LogP contribution in [0.1, 0.15) is 46.0 Å². The minimum absolute atomic E-state index is 0.325. The molecule has 11 heavy (non-hydrogen) atoms. The SMILES string of the molecule is CC.OCCC1=CCCCC1. The molecular formula is C10H20O. The second kappa shape index (κ2) is 7.80. The maximum Gasteiger partial charge on any atom is 0.0468 e. The first-order valence-corrected chi connectivity index (χ1v) is 4.72. The van der Waals surface area contributed by atoms with E-state index in [0.717, 1.165) is 6.42 Å². The second-order valence-electron chi connectivity index (χ2n) is 2.58. The van der Waals surface area contributed by atoms with Crippen LogP contribution >= 0.6 is 0 Å². The van der Waals surface area contributed by atoms with Crippen molar-refractivity contribution in [2.24, 2.45) is 0 Å². The summed E-state index contributed by atoms with van der Waals surface area (Å²) in [5.41, 5.74) is 1.46. The molecule has 0 heterocycles. The highest BCUT2D eigenvalue weighted by Crippen LogP contribution is 2.19. The third kappa shape index (κ3) is 5.02. The van der Waals surface area contributed by atoms with E-state index >= 15 is 0 Å². The average molecular weight is 156 g/mol. The Bertz CT molecular complexity index is 105. The highest BCUT2D eigenvalue weighted by molar-refractivity contribution is 5.04. The largest absolute Gasteiger partial charge is 0.396 e. The first-order chi connectivity index (χ1) is 5.43. The molecule has 0 saturated heterocycles. The van der Waals surface area contributed by atoms with Crippen molar-refractivity contribution in [3.05, 3.63) is 11.6 Å². The molecule has 0 aromatic carbocycles. The molecule has 0 amide bonds. The Morgan fingerprint density at radius 3 is 2.55 bits per heavy atom. The molecule has 0 unspecified atom stereocenters. The molecule has 0 fully saturated rings. The molecule has 0 aromatic heterocycles. The summed E-state index contributed by atoms with van der Waals surface area (Å²) in [5.74, 6) is 0. The highest BCUT2D eigenvalue weighted by Gasteiger charge is 2.00. The number of rotatable bonds is 2. The lowest BCUT2D eigenvalue weighted by molar-refractivity contribution is 0.297. The van der Waals surface area contributed by atoms with Crippen molar-refractivity contribution in [2.75, 3.05) is 6.61 Å². The van der Waals surface area contributed by atoms with Crippen LogP contribution in [-0.4, -0.2) is 11.7 Å². The molecule has 66 valence electrons. The Morgan fingerprint density at radius 2 is 2.09 bits per heavy atom. The predicted molar refractivity (Wildman–Crippen MR) is 49.6 cm³/mol. The molecule has 0 aromatic rings. The standard InChI is InChI=1S/C8H14O.C2H6/c9-7-6-8-4-2-1-3-5-8;1-2/h4,9H,1-3,5-7H2;1-2H3. The van der Waals surface area contributed by atoms with E-state index in [0.29, 0.717) is 6.61 Å². The summed E-state index contributed by atoms with van der Waals surface area (Å²) in [6.07, 6.45) is 8.30. The van der Waals surface area contributed by atoms with Crippen LogP contribution in [0.25, 0.3) is 0 Å². The van der Waals surface area contributed by atoms with E-state index in [1.54, 1.807) is 0 Å². The van der Waals surface area contributed by atoms with Crippen molar-refractivity contribution in [1.82, 2.24) is 0 Å². The van der Waals surface area contributed by atoms with Crippen molar-refractivity contribution >= 4 is 0 Å². The van der Waals surface area contributed by atoms with Gasteiger partial charge in [0.2, 0.25) is 0 Å². The molecule has 0 saturated carbocycles. The van der Waals surface area contributed by atoms with E-state index in [4.69, 9.17) is 5.11 Å². The molecule has 0 radical (unpaired) electrons. The van der Waals surface area contributed by atoms with Crippen LogP contribution in [0.2, 0.25) is 0 Å². The van der Waals surface area contributed by atoms with Crippen LogP contribution in [0.4, 0.5) is 0 Å². The minimum Gasteiger partial charge on any atom is -0.396 e. The zero-order valence-corrected chi connectivity index (χ0v) is 7.77. The first-order valence-electron chi connectivity index (χ1n) is 4.72. The molecule has 1 aliphatic carbocycles. The van der Waals surface area contributed by atoms with Gasteiger partial charge in [0.1, 0.15) is 0 Å². The maximum absolute atomic E-state index is 8.58. The molecule has 0 spiro atoms. The van der Waals surface area contributed by atoms with Gasteiger partial charge in [-0.15, -0.1) is 0 Å². The second-order valence-corrected chi connectivity index (χ2v) is 2.58. The fourth-order valence-corrected chi connectivity index (χ4v) is 1.28. The van der Waals surface area contributed by atoms with Gasteiger partial charge in [-0.1, -0.05) is 25.5 Å². The minimum atomic E-state index is 0.325. The van der Waals surface area contributed by atoms with Gasteiger partial charge in [-0.2, -0.15) is 0 Å². The van der Waals surface area contributed by atoms with Crippen molar-refractivity contribution in [2.45, 2.75) is 46.0 Å². The van der Waals surface area contributed by atoms with Crippen LogP contribution in [-0.2, 0) is 0 Å². The zero-order valence-electron chi connectivity index (χ0n) is 7.77. The average Bonchev–Trinajstić information content (AvgIpc) is 2.11. The number of aliphatic hydroxyl groups is 1. The summed E-state index contributed by atoms with van der Waals surface area (Å²) in [7, 11) is 0. The van der Waals surface area contributed by atoms with Gasteiger partial charge in [0.05, 0.1) is 0 Å². The van der Waals surface area contributed by atoms with Crippen LogP contribution in [0.3, 0.4) is 0 Å².